The minimum Gasteiger partial charge on any atom is -0.324 e. The van der Waals surface area contributed by atoms with Gasteiger partial charge in [-0.15, -0.1) is 12.6 Å². The number of imidazole rings is 1. The molecule has 0 bridgehead atoms. The third-order valence-corrected chi connectivity index (χ3v) is 2.98. The van der Waals surface area contributed by atoms with E-state index in [1.54, 1.807) is 6.20 Å². The summed E-state index contributed by atoms with van der Waals surface area (Å²) in [5.74, 6) is 0.299. The highest BCUT2D eigenvalue weighted by atomic mass is 32.1. The average molecular weight is 273 g/mol. The van der Waals surface area contributed by atoms with Crippen LogP contribution in [0.4, 0.5) is 5.95 Å². The lowest BCUT2D eigenvalue weighted by molar-refractivity contribution is -0.114. The third kappa shape index (κ3) is 3.48. The van der Waals surface area contributed by atoms with Crippen LogP contribution in [0.25, 0.3) is 11.6 Å². The van der Waals surface area contributed by atoms with E-state index in [1.165, 1.54) is 6.92 Å². The van der Waals surface area contributed by atoms with Crippen molar-refractivity contribution in [3.05, 3.63) is 41.7 Å². The highest BCUT2D eigenvalue weighted by Gasteiger charge is 2.03. The highest BCUT2D eigenvalue weighted by molar-refractivity contribution is 7.80. The molecule has 0 atom stereocenters. The van der Waals surface area contributed by atoms with E-state index in [1.807, 2.05) is 37.3 Å². The van der Waals surface area contributed by atoms with Crippen LogP contribution < -0.4 is 5.32 Å². The number of aromatic nitrogens is 2. The number of carbonyl (C=O) groups is 1. The van der Waals surface area contributed by atoms with Crippen LogP contribution in [-0.2, 0) is 4.79 Å². The summed E-state index contributed by atoms with van der Waals surface area (Å²) < 4.78 is 0. The number of anilines is 1. The van der Waals surface area contributed by atoms with Crippen molar-refractivity contribution < 1.29 is 4.79 Å². The largest absolute Gasteiger partial charge is 0.324 e. The van der Waals surface area contributed by atoms with Crippen LogP contribution in [0, 0.1) is 0 Å². The van der Waals surface area contributed by atoms with Crippen LogP contribution in [-0.4, -0.2) is 15.9 Å². The fourth-order valence-electron chi connectivity index (χ4n) is 1.76. The summed E-state index contributed by atoms with van der Waals surface area (Å²) in [7, 11) is 0. The highest BCUT2D eigenvalue weighted by Crippen LogP contribution is 2.23. The number of hydrogen-bond acceptors (Lipinski definition) is 3. The van der Waals surface area contributed by atoms with Gasteiger partial charge >= 0.3 is 0 Å². The predicted molar refractivity (Wildman–Crippen MR) is 80.1 cm³/mol. The van der Waals surface area contributed by atoms with Gasteiger partial charge in [0.25, 0.3) is 0 Å². The maximum Gasteiger partial charge on any atom is 0.223 e. The molecule has 0 saturated carbocycles. The van der Waals surface area contributed by atoms with Crippen LogP contribution >= 0.6 is 12.6 Å². The zero-order chi connectivity index (χ0) is 13.8. The Kier molecular flexibility index (Phi) is 4.06. The molecule has 98 valence electrons. The molecule has 4 nitrogen and oxygen atoms in total. The molecule has 1 heterocycles. The summed E-state index contributed by atoms with van der Waals surface area (Å²) in [4.78, 5) is 18.9. The number of aromatic amines is 1. The van der Waals surface area contributed by atoms with Crippen LogP contribution in [0.3, 0.4) is 0 Å². The number of hydrogen-bond donors (Lipinski definition) is 3. The molecule has 0 unspecified atom stereocenters. The number of thiol groups is 1. The average Bonchev–Trinajstić information content (AvgIpc) is 2.76. The van der Waals surface area contributed by atoms with Gasteiger partial charge in [0.1, 0.15) is 0 Å². The van der Waals surface area contributed by atoms with Crippen molar-refractivity contribution in [1.82, 2.24) is 9.97 Å². The summed E-state index contributed by atoms with van der Waals surface area (Å²) in [6, 6.07) is 7.89. The minimum atomic E-state index is -0.151. The molecular weight excluding hydrogens is 258 g/mol. The first-order valence-electron chi connectivity index (χ1n) is 5.85. The number of rotatable bonds is 3. The van der Waals surface area contributed by atoms with E-state index in [0.717, 1.165) is 21.7 Å². The van der Waals surface area contributed by atoms with Crippen molar-refractivity contribution in [1.29, 1.82) is 0 Å². The van der Waals surface area contributed by atoms with Gasteiger partial charge < -0.3 is 4.98 Å². The minimum absolute atomic E-state index is 0.151. The van der Waals surface area contributed by atoms with Gasteiger partial charge in [-0.1, -0.05) is 18.2 Å². The lowest BCUT2D eigenvalue weighted by Crippen LogP contribution is -2.06. The Morgan fingerprint density at radius 2 is 2.11 bits per heavy atom. The Morgan fingerprint density at radius 1 is 1.37 bits per heavy atom. The second kappa shape index (κ2) is 5.75. The SMILES string of the molecule is CC(=O)Nc1ncc(/C=C(\C)c2ccccc2S)[nH]1. The first-order chi connectivity index (χ1) is 9.06. The summed E-state index contributed by atoms with van der Waals surface area (Å²) in [5, 5.41) is 2.60. The van der Waals surface area contributed by atoms with E-state index in [9.17, 15) is 4.79 Å². The second-order valence-electron chi connectivity index (χ2n) is 4.21. The summed E-state index contributed by atoms with van der Waals surface area (Å²) in [6.07, 6.45) is 3.64. The van der Waals surface area contributed by atoms with Crippen LogP contribution in [0.5, 0.6) is 0 Å². The number of nitrogens with zero attached hydrogens (tertiary/aromatic N) is 1. The number of H-pyrrole nitrogens is 1. The van der Waals surface area contributed by atoms with E-state index in [0.29, 0.717) is 5.95 Å². The number of amides is 1. The molecule has 0 aliphatic carbocycles. The smallest absolute Gasteiger partial charge is 0.223 e. The molecule has 0 spiro atoms. The molecule has 2 aromatic rings. The second-order valence-corrected chi connectivity index (χ2v) is 4.69. The van der Waals surface area contributed by atoms with Gasteiger partial charge in [0.2, 0.25) is 11.9 Å². The van der Waals surface area contributed by atoms with Gasteiger partial charge in [0, 0.05) is 11.8 Å². The lowest BCUT2D eigenvalue weighted by Gasteiger charge is -2.04. The molecule has 19 heavy (non-hydrogen) atoms. The van der Waals surface area contributed by atoms with Crippen molar-refractivity contribution in [3.63, 3.8) is 0 Å². The molecule has 2 rings (SSSR count). The Hall–Kier alpha value is -2.01. The quantitative estimate of drug-likeness (QED) is 0.752. The molecule has 1 amide bonds. The Morgan fingerprint density at radius 3 is 2.79 bits per heavy atom. The third-order valence-electron chi connectivity index (χ3n) is 2.59. The first-order valence-corrected chi connectivity index (χ1v) is 6.30. The normalized spacial score (nSPS) is 11.4. The number of benzene rings is 1. The van der Waals surface area contributed by atoms with Gasteiger partial charge in [-0.05, 0) is 30.2 Å². The van der Waals surface area contributed by atoms with Gasteiger partial charge in [-0.25, -0.2) is 4.98 Å². The van der Waals surface area contributed by atoms with Crippen LogP contribution in [0.2, 0.25) is 0 Å². The fourth-order valence-corrected chi connectivity index (χ4v) is 2.09. The van der Waals surface area contributed by atoms with Gasteiger partial charge in [-0.3, -0.25) is 10.1 Å². The van der Waals surface area contributed by atoms with Gasteiger partial charge in [-0.2, -0.15) is 0 Å². The monoisotopic (exact) mass is 273 g/mol. The van der Waals surface area contributed by atoms with Crippen LogP contribution in [0.15, 0.2) is 35.4 Å². The molecule has 0 aliphatic heterocycles. The molecule has 0 radical (unpaired) electrons. The Balaban J connectivity index is 2.23. The zero-order valence-electron chi connectivity index (χ0n) is 10.8. The summed E-state index contributed by atoms with van der Waals surface area (Å²) in [6.45, 7) is 3.45. The molecule has 1 aromatic heterocycles. The van der Waals surface area contributed by atoms with Crippen molar-refractivity contribution in [2.75, 3.05) is 5.32 Å². The van der Waals surface area contributed by atoms with E-state index in [2.05, 4.69) is 27.9 Å². The number of nitrogens with one attached hydrogen (secondary N) is 2. The maximum atomic E-state index is 10.9. The topological polar surface area (TPSA) is 57.8 Å². The standard InChI is InChI=1S/C14H15N3OS/c1-9(12-5-3-4-6-13(12)19)7-11-8-15-14(17-11)16-10(2)18/h3-8,19H,1-2H3,(H2,15,16,17,18)/b9-7+. The van der Waals surface area contributed by atoms with Gasteiger partial charge in [0.05, 0.1) is 11.9 Å². The Labute approximate surface area is 117 Å². The predicted octanol–water partition coefficient (Wildman–Crippen LogP) is 3.22. The van der Waals surface area contributed by atoms with E-state index >= 15 is 0 Å². The first kappa shape index (κ1) is 13.4. The van der Waals surface area contributed by atoms with Crippen molar-refractivity contribution in [2.24, 2.45) is 0 Å². The number of carbonyl (C=O) groups excluding carboxylic acids is 1. The molecule has 0 aliphatic rings. The van der Waals surface area contributed by atoms with E-state index < -0.39 is 0 Å². The summed E-state index contributed by atoms with van der Waals surface area (Å²) >= 11 is 4.43. The molecule has 0 saturated heterocycles. The Bertz CT molecular complexity index is 631. The molecule has 0 fully saturated rings. The fraction of sp³-hybridized carbons (Fsp3) is 0.143. The van der Waals surface area contributed by atoms with Crippen molar-refractivity contribution >= 4 is 36.1 Å². The zero-order valence-corrected chi connectivity index (χ0v) is 11.7. The molecule has 1 aromatic carbocycles. The number of allylic oxidation sites excluding steroid dienone is 1. The van der Waals surface area contributed by atoms with Crippen molar-refractivity contribution in [2.45, 2.75) is 18.7 Å². The van der Waals surface area contributed by atoms with Gasteiger partial charge in [0.15, 0.2) is 0 Å². The summed E-state index contributed by atoms with van der Waals surface area (Å²) in [5.41, 5.74) is 2.97. The van der Waals surface area contributed by atoms with Crippen LogP contribution in [0.1, 0.15) is 25.1 Å². The maximum absolute atomic E-state index is 10.9. The van der Waals surface area contributed by atoms with E-state index in [-0.39, 0.29) is 5.91 Å². The lowest BCUT2D eigenvalue weighted by atomic mass is 10.1. The molecule has 5 heteroatoms. The molecule has 2 N–H and O–H groups in total. The van der Waals surface area contributed by atoms with Crippen molar-refractivity contribution in [3.8, 4) is 0 Å². The van der Waals surface area contributed by atoms with E-state index in [4.69, 9.17) is 0 Å². The molecular formula is C14H15N3OS.